The van der Waals surface area contributed by atoms with Gasteiger partial charge in [-0.2, -0.15) is 0 Å². The number of unbranched alkanes of at least 4 members (excludes halogenated alkanes) is 11. The highest BCUT2D eigenvalue weighted by Gasteiger charge is 2.08. The molecule has 16 N–H and O–H groups in total. The fourth-order valence-corrected chi connectivity index (χ4v) is 4.47. The summed E-state index contributed by atoms with van der Waals surface area (Å²) in [5.74, 6) is 0. The van der Waals surface area contributed by atoms with E-state index in [1.54, 1.807) is 0 Å². The van der Waals surface area contributed by atoms with Crippen molar-refractivity contribution in [2.75, 3.05) is 19.1 Å². The number of hydrogen-bond donors (Lipinski definition) is 4. The first kappa shape index (κ1) is 39.6. The van der Waals surface area contributed by atoms with Gasteiger partial charge in [-0.3, -0.25) is 4.90 Å². The molecule has 0 fully saturated rings. The van der Waals surface area contributed by atoms with E-state index in [0.717, 1.165) is 24.2 Å². The summed E-state index contributed by atoms with van der Waals surface area (Å²) in [6, 6.07) is 0. The van der Waals surface area contributed by atoms with Crippen molar-refractivity contribution in [2.24, 2.45) is 0 Å². The smallest absolute Gasteiger partial charge is 0.0264 e. The van der Waals surface area contributed by atoms with Gasteiger partial charge in [0.05, 0.1) is 0 Å². The highest BCUT2D eigenvalue weighted by Crippen LogP contribution is 2.30. The van der Waals surface area contributed by atoms with Gasteiger partial charge in [0.15, 0.2) is 0 Å². The van der Waals surface area contributed by atoms with E-state index < -0.39 is 27.8 Å². The highest BCUT2D eigenvalue weighted by molar-refractivity contribution is 7.49. The van der Waals surface area contributed by atoms with Crippen LogP contribution in [0.3, 0.4) is 0 Å². The lowest BCUT2D eigenvalue weighted by atomic mass is 10.1. The van der Waals surface area contributed by atoms with Crippen molar-refractivity contribution < 1.29 is 28.7 Å². The largest absolute Gasteiger partial charge is 0.810 e. The van der Waals surface area contributed by atoms with E-state index in [0.29, 0.717) is 6.42 Å². The Morgan fingerprint density at radius 3 is 1.10 bits per heavy atom. The van der Waals surface area contributed by atoms with E-state index in [-0.39, 0.29) is 31.1 Å². The molecule has 0 heterocycles. The molecular weight excluding hydrogens is 420 g/mol. The van der Waals surface area contributed by atoms with Crippen molar-refractivity contribution in [3.63, 3.8) is 0 Å². The average molecular weight is 470 g/mol. The Kier molecular flexibility index (Phi) is 31.1. The third-order valence-corrected chi connectivity index (χ3v) is 5.57. The summed E-state index contributed by atoms with van der Waals surface area (Å²) in [7, 11) is -9.73. The number of quaternary nitrogens is 4. The number of rotatable bonds is 17. The molecule has 0 bridgehead atoms. The maximum Gasteiger partial charge on any atom is 0.0264 e. The Bertz CT molecular complexity index is 399. The molecule has 0 unspecified atom stereocenters. The minimum Gasteiger partial charge on any atom is -0.810 e. The highest BCUT2D eigenvalue weighted by atomic mass is 31.2. The summed E-state index contributed by atoms with van der Waals surface area (Å²) in [5, 5.41) is 0. The SMILES string of the molecule is CCCCCCCCCCCCCCN(CP(=O)([O-])[O-])CP(=O)([O-])[O-].[NH4+].[NH4+].[NH4+].[NH4+]. The molecule has 13 heteroatoms. The van der Waals surface area contributed by atoms with Gasteiger partial charge in [-0.15, -0.1) is 0 Å². The molecular formula is C16H49N5O6P2. The standard InChI is InChI=1S/C16H37NO6P2.4H3N/c1-2-3-4-5-6-7-8-9-10-11-12-13-14-17(15-24(18,19)20)16-25(21,22)23;;;;/h2-16H2,1H3,(H2,18,19,20)(H2,21,22,23);4*1H3. The summed E-state index contributed by atoms with van der Waals surface area (Å²) in [6.45, 7) is 2.35. The minimum atomic E-state index is -4.87. The van der Waals surface area contributed by atoms with Gasteiger partial charge in [-0.25, -0.2) is 0 Å². The van der Waals surface area contributed by atoms with Gasteiger partial charge in [-0.05, 0) is 13.0 Å². The van der Waals surface area contributed by atoms with Crippen molar-refractivity contribution in [2.45, 2.75) is 84.0 Å². The molecule has 184 valence electrons. The van der Waals surface area contributed by atoms with Gasteiger partial charge >= 0.3 is 0 Å². The molecule has 0 aromatic carbocycles. The lowest BCUT2D eigenvalue weighted by Gasteiger charge is -2.41. The second kappa shape index (κ2) is 22.8. The molecule has 0 atom stereocenters. The lowest BCUT2D eigenvalue weighted by molar-refractivity contribution is -0.318. The van der Waals surface area contributed by atoms with E-state index in [1.807, 2.05) is 0 Å². The van der Waals surface area contributed by atoms with Crippen LogP contribution in [-0.4, -0.2) is 24.0 Å². The predicted molar refractivity (Wildman–Crippen MR) is 117 cm³/mol. The average Bonchev–Trinajstić information content (AvgIpc) is 2.45. The monoisotopic (exact) mass is 469 g/mol. The molecule has 0 aliphatic rings. The van der Waals surface area contributed by atoms with Crippen LogP contribution >= 0.6 is 15.2 Å². The van der Waals surface area contributed by atoms with Crippen molar-refractivity contribution in [3.05, 3.63) is 0 Å². The molecule has 29 heavy (non-hydrogen) atoms. The molecule has 0 spiro atoms. The Balaban J connectivity index is -0.000000480. The van der Waals surface area contributed by atoms with Crippen LogP contribution in [0.15, 0.2) is 0 Å². The normalized spacial score (nSPS) is 11.1. The van der Waals surface area contributed by atoms with Crippen LogP contribution in [0.25, 0.3) is 0 Å². The van der Waals surface area contributed by atoms with Gasteiger partial charge in [0, 0.05) is 12.6 Å². The van der Waals surface area contributed by atoms with Gasteiger partial charge in [-0.1, -0.05) is 92.7 Å². The Morgan fingerprint density at radius 1 is 0.552 bits per heavy atom. The second-order valence-corrected chi connectivity index (χ2v) is 9.80. The maximum atomic E-state index is 10.8. The summed E-state index contributed by atoms with van der Waals surface area (Å²) in [6.07, 6.45) is 11.9. The van der Waals surface area contributed by atoms with Crippen LogP contribution < -0.4 is 44.2 Å². The summed E-state index contributed by atoms with van der Waals surface area (Å²) in [5.41, 5.74) is 0. The third-order valence-electron chi connectivity index (χ3n) is 4.07. The number of hydrogen-bond acceptors (Lipinski definition) is 7. The van der Waals surface area contributed by atoms with Crippen molar-refractivity contribution >= 4 is 15.2 Å². The summed E-state index contributed by atoms with van der Waals surface area (Å²) in [4.78, 5) is 44.1. The van der Waals surface area contributed by atoms with E-state index in [4.69, 9.17) is 0 Å². The topological polar surface area (TPSA) is 276 Å². The van der Waals surface area contributed by atoms with Crippen LogP contribution in [0.1, 0.15) is 84.0 Å². The van der Waals surface area contributed by atoms with E-state index in [1.165, 1.54) is 51.4 Å². The molecule has 0 aliphatic carbocycles. The molecule has 11 nitrogen and oxygen atoms in total. The fourth-order valence-electron chi connectivity index (χ4n) is 2.85. The number of nitrogens with zero attached hydrogens (tertiary/aromatic N) is 1. The zero-order valence-electron chi connectivity index (χ0n) is 19.4. The second-order valence-electron chi connectivity index (χ2n) is 6.79. The maximum absolute atomic E-state index is 10.8. The van der Waals surface area contributed by atoms with Crippen molar-refractivity contribution in [3.8, 4) is 0 Å². The molecule has 0 saturated carbocycles. The molecule has 0 rings (SSSR count). The van der Waals surface area contributed by atoms with Gasteiger partial charge in [0.2, 0.25) is 0 Å². The first-order chi connectivity index (χ1) is 11.6. The van der Waals surface area contributed by atoms with Gasteiger partial charge in [0.25, 0.3) is 0 Å². The van der Waals surface area contributed by atoms with Crippen molar-refractivity contribution in [1.82, 2.24) is 29.5 Å². The van der Waals surface area contributed by atoms with E-state index in [2.05, 4.69) is 6.92 Å². The van der Waals surface area contributed by atoms with Gasteiger partial charge in [0.1, 0.15) is 0 Å². The van der Waals surface area contributed by atoms with Crippen LogP contribution in [-0.2, 0) is 9.13 Å². The molecule has 0 aromatic heterocycles. The Labute approximate surface area is 177 Å². The zero-order chi connectivity index (χ0) is 19.2. The molecule has 0 aliphatic heterocycles. The summed E-state index contributed by atoms with van der Waals surface area (Å²) < 4.78 is 21.6. The van der Waals surface area contributed by atoms with Gasteiger partial charge < -0.3 is 53.3 Å². The predicted octanol–water partition coefficient (Wildman–Crippen LogP) is 3.24. The van der Waals surface area contributed by atoms with Crippen LogP contribution in [0.2, 0.25) is 0 Å². The fraction of sp³-hybridized carbons (Fsp3) is 1.00. The van der Waals surface area contributed by atoms with Crippen molar-refractivity contribution in [1.29, 1.82) is 0 Å². The van der Waals surface area contributed by atoms with Crippen LogP contribution in [0.5, 0.6) is 0 Å². The zero-order valence-corrected chi connectivity index (χ0v) is 21.2. The van der Waals surface area contributed by atoms with Crippen LogP contribution in [0, 0.1) is 0 Å². The Hall–Kier alpha value is 0.100. The first-order valence-corrected chi connectivity index (χ1v) is 12.8. The minimum absolute atomic E-state index is 0. The third kappa shape index (κ3) is 33.0. The van der Waals surface area contributed by atoms with E-state index >= 15 is 0 Å². The summed E-state index contributed by atoms with van der Waals surface area (Å²) >= 11 is 0. The molecule has 0 radical (unpaired) electrons. The van der Waals surface area contributed by atoms with Crippen LogP contribution in [0.4, 0.5) is 0 Å². The Morgan fingerprint density at radius 2 is 0.828 bits per heavy atom. The first-order valence-electron chi connectivity index (χ1n) is 9.38. The molecule has 0 amide bonds. The lowest BCUT2D eigenvalue weighted by Crippen LogP contribution is -2.36. The molecule has 0 saturated heterocycles. The van der Waals surface area contributed by atoms with E-state index in [9.17, 15) is 28.7 Å². The molecule has 0 aromatic rings. The quantitative estimate of drug-likeness (QED) is 0.182.